The van der Waals surface area contributed by atoms with Gasteiger partial charge in [0.15, 0.2) is 11.5 Å². The number of thioether (sulfide) groups is 1. The summed E-state index contributed by atoms with van der Waals surface area (Å²) in [6.07, 6.45) is 0. The van der Waals surface area contributed by atoms with Crippen molar-refractivity contribution in [2.24, 2.45) is 0 Å². The van der Waals surface area contributed by atoms with Crippen LogP contribution in [-0.2, 0) is 11.3 Å². The average Bonchev–Trinajstić information content (AvgIpc) is 3.26. The lowest BCUT2D eigenvalue weighted by Crippen LogP contribution is -2.45. The van der Waals surface area contributed by atoms with Crippen LogP contribution in [0.5, 0.6) is 11.5 Å². The van der Waals surface area contributed by atoms with Crippen molar-refractivity contribution in [3.63, 3.8) is 0 Å². The van der Waals surface area contributed by atoms with Crippen LogP contribution in [0.1, 0.15) is 26.9 Å². The van der Waals surface area contributed by atoms with Crippen LogP contribution in [-0.4, -0.2) is 42.7 Å². The second kappa shape index (κ2) is 7.56. The van der Waals surface area contributed by atoms with Gasteiger partial charge >= 0.3 is 0 Å². The predicted molar refractivity (Wildman–Crippen MR) is 108 cm³/mol. The second-order valence-corrected chi connectivity index (χ2v) is 8.07. The van der Waals surface area contributed by atoms with Crippen LogP contribution in [0.15, 0.2) is 36.4 Å². The minimum Gasteiger partial charge on any atom is -0.493 e. The van der Waals surface area contributed by atoms with Gasteiger partial charge in [0, 0.05) is 22.9 Å². The van der Waals surface area contributed by atoms with Crippen LogP contribution in [0.3, 0.4) is 0 Å². The van der Waals surface area contributed by atoms with Crippen LogP contribution in [0.4, 0.5) is 0 Å². The van der Waals surface area contributed by atoms with Crippen molar-refractivity contribution >= 4 is 35.2 Å². The molecule has 2 atom stereocenters. The van der Waals surface area contributed by atoms with Crippen molar-refractivity contribution in [1.82, 2.24) is 10.2 Å². The molecular weight excluding hydrogens is 400 g/mol. The molecule has 0 spiro atoms. The van der Waals surface area contributed by atoms with Crippen molar-refractivity contribution in [2.45, 2.75) is 18.0 Å². The van der Waals surface area contributed by atoms with Gasteiger partial charge in [-0.2, -0.15) is 0 Å². The number of ether oxygens (including phenoxy) is 2. The SMILES string of the molecule is COc1ccc2c(c1OC)C(=O)N1C2SC[C@H]1C(=O)NCc1ccc(Cl)cc1. The number of halogens is 1. The van der Waals surface area contributed by atoms with Gasteiger partial charge in [0.2, 0.25) is 5.91 Å². The molecule has 1 N–H and O–H groups in total. The van der Waals surface area contributed by atoms with E-state index < -0.39 is 6.04 Å². The number of carbonyl (C=O) groups excluding carboxylic acids is 2. The summed E-state index contributed by atoms with van der Waals surface area (Å²) in [6, 6.07) is 10.4. The first-order chi connectivity index (χ1) is 13.5. The zero-order chi connectivity index (χ0) is 19.8. The fourth-order valence-corrected chi connectivity index (χ4v) is 5.18. The number of fused-ring (bicyclic) bond motifs is 3. The smallest absolute Gasteiger partial charge is 0.260 e. The number of rotatable bonds is 5. The summed E-state index contributed by atoms with van der Waals surface area (Å²) in [7, 11) is 3.05. The standard InChI is InChI=1S/C20H19ClN2O4S/c1-26-15-8-7-13-16(17(15)27-2)19(25)23-14(10-28-20(13)23)18(24)22-9-11-3-5-12(21)6-4-11/h3-8,14,20H,9-10H2,1-2H3,(H,22,24)/t14-,20?/m0/s1. The number of amides is 2. The topological polar surface area (TPSA) is 67.9 Å². The van der Waals surface area contributed by atoms with Crippen molar-refractivity contribution in [3.8, 4) is 11.5 Å². The molecule has 2 amide bonds. The van der Waals surface area contributed by atoms with E-state index in [9.17, 15) is 9.59 Å². The molecule has 8 heteroatoms. The lowest BCUT2D eigenvalue weighted by Gasteiger charge is -2.22. The van der Waals surface area contributed by atoms with Crippen molar-refractivity contribution < 1.29 is 19.1 Å². The monoisotopic (exact) mass is 418 g/mol. The lowest BCUT2D eigenvalue weighted by atomic mass is 10.1. The highest BCUT2D eigenvalue weighted by molar-refractivity contribution is 7.99. The van der Waals surface area contributed by atoms with E-state index in [0.717, 1.165) is 11.1 Å². The molecule has 0 bridgehead atoms. The Labute approximate surface area is 172 Å². The van der Waals surface area contributed by atoms with Crippen LogP contribution < -0.4 is 14.8 Å². The molecule has 0 aromatic heterocycles. The molecule has 2 aromatic carbocycles. The van der Waals surface area contributed by atoms with Crippen LogP contribution in [0, 0.1) is 0 Å². The molecule has 2 aliphatic rings. The summed E-state index contributed by atoms with van der Waals surface area (Å²) in [6.45, 7) is 0.383. The van der Waals surface area contributed by atoms with E-state index in [1.54, 1.807) is 34.9 Å². The van der Waals surface area contributed by atoms with Crippen LogP contribution >= 0.6 is 23.4 Å². The number of carbonyl (C=O) groups is 2. The number of hydrogen-bond acceptors (Lipinski definition) is 5. The van der Waals surface area contributed by atoms with Gasteiger partial charge in [0.25, 0.3) is 5.91 Å². The Hall–Kier alpha value is -2.38. The third-order valence-electron chi connectivity index (χ3n) is 4.98. The maximum atomic E-state index is 13.1. The Morgan fingerprint density at radius 3 is 2.64 bits per heavy atom. The molecule has 2 aliphatic heterocycles. The van der Waals surface area contributed by atoms with E-state index in [0.29, 0.717) is 34.4 Å². The predicted octanol–water partition coefficient (Wildman–Crippen LogP) is 3.24. The van der Waals surface area contributed by atoms with E-state index in [4.69, 9.17) is 21.1 Å². The molecule has 6 nitrogen and oxygen atoms in total. The summed E-state index contributed by atoms with van der Waals surface area (Å²) >= 11 is 7.47. The van der Waals surface area contributed by atoms with Gasteiger partial charge in [-0.1, -0.05) is 29.8 Å². The highest BCUT2D eigenvalue weighted by Gasteiger charge is 2.50. The molecule has 2 aromatic rings. The zero-order valence-corrected chi connectivity index (χ0v) is 17.0. The van der Waals surface area contributed by atoms with Gasteiger partial charge in [-0.25, -0.2) is 0 Å². The quantitative estimate of drug-likeness (QED) is 0.807. The van der Waals surface area contributed by atoms with E-state index >= 15 is 0 Å². The molecule has 146 valence electrons. The van der Waals surface area contributed by atoms with E-state index in [1.807, 2.05) is 18.2 Å². The first-order valence-electron chi connectivity index (χ1n) is 8.76. The summed E-state index contributed by atoms with van der Waals surface area (Å²) < 4.78 is 10.7. The summed E-state index contributed by atoms with van der Waals surface area (Å²) in [5.41, 5.74) is 2.29. The minimum atomic E-state index is -0.530. The fraction of sp³-hybridized carbons (Fsp3) is 0.300. The molecule has 2 heterocycles. The molecule has 1 saturated heterocycles. The molecule has 1 unspecified atom stereocenters. The number of nitrogens with one attached hydrogen (secondary N) is 1. The Balaban J connectivity index is 1.54. The van der Waals surface area contributed by atoms with Crippen molar-refractivity contribution in [3.05, 3.63) is 58.1 Å². The van der Waals surface area contributed by atoms with Gasteiger partial charge in [0.1, 0.15) is 11.4 Å². The maximum Gasteiger partial charge on any atom is 0.260 e. The Bertz CT molecular complexity index is 935. The summed E-state index contributed by atoms with van der Waals surface area (Å²) in [5.74, 6) is 1.10. The average molecular weight is 419 g/mol. The van der Waals surface area contributed by atoms with Gasteiger partial charge < -0.3 is 19.7 Å². The molecule has 0 saturated carbocycles. The third kappa shape index (κ3) is 3.08. The first kappa shape index (κ1) is 19.0. The minimum absolute atomic E-state index is 0.169. The highest BCUT2D eigenvalue weighted by Crippen LogP contribution is 2.52. The number of methoxy groups -OCH3 is 2. The maximum absolute atomic E-state index is 13.1. The fourth-order valence-electron chi connectivity index (χ4n) is 3.60. The normalized spacial score (nSPS) is 20.0. The molecular formula is C20H19ClN2O4S. The van der Waals surface area contributed by atoms with E-state index in [2.05, 4.69) is 5.32 Å². The number of hydrogen-bond donors (Lipinski definition) is 1. The van der Waals surface area contributed by atoms with Gasteiger partial charge in [0.05, 0.1) is 19.8 Å². The second-order valence-electron chi connectivity index (χ2n) is 6.52. The van der Waals surface area contributed by atoms with Crippen molar-refractivity contribution in [2.75, 3.05) is 20.0 Å². The Morgan fingerprint density at radius 1 is 1.21 bits per heavy atom. The summed E-state index contributed by atoms with van der Waals surface area (Å²) in [4.78, 5) is 27.6. The lowest BCUT2D eigenvalue weighted by molar-refractivity contribution is -0.124. The third-order valence-corrected chi connectivity index (χ3v) is 6.53. The largest absolute Gasteiger partial charge is 0.493 e. The molecule has 4 rings (SSSR count). The molecule has 0 aliphatic carbocycles. The van der Waals surface area contributed by atoms with Gasteiger partial charge in [-0.05, 0) is 23.8 Å². The zero-order valence-electron chi connectivity index (χ0n) is 15.4. The highest BCUT2D eigenvalue weighted by atomic mass is 35.5. The number of nitrogens with zero attached hydrogens (tertiary/aromatic N) is 1. The van der Waals surface area contributed by atoms with Crippen LogP contribution in [0.2, 0.25) is 5.02 Å². The van der Waals surface area contributed by atoms with Gasteiger partial charge in [-0.3, -0.25) is 9.59 Å². The Kier molecular flexibility index (Phi) is 5.12. The first-order valence-corrected chi connectivity index (χ1v) is 10.2. The van der Waals surface area contributed by atoms with Gasteiger partial charge in [-0.15, -0.1) is 11.8 Å². The molecule has 0 radical (unpaired) electrons. The van der Waals surface area contributed by atoms with E-state index in [1.165, 1.54) is 14.2 Å². The molecule has 28 heavy (non-hydrogen) atoms. The van der Waals surface area contributed by atoms with Crippen LogP contribution in [0.25, 0.3) is 0 Å². The number of benzene rings is 2. The van der Waals surface area contributed by atoms with Crippen molar-refractivity contribution in [1.29, 1.82) is 0 Å². The van der Waals surface area contributed by atoms with E-state index in [-0.39, 0.29) is 17.2 Å². The summed E-state index contributed by atoms with van der Waals surface area (Å²) in [5, 5.41) is 3.39. The molecule has 1 fully saturated rings. The Morgan fingerprint density at radius 2 is 1.96 bits per heavy atom.